The number of halogens is 1. The molecular formula is C15H15ClN2O2. The van der Waals surface area contributed by atoms with Crippen molar-refractivity contribution in [2.75, 3.05) is 18.2 Å². The molecule has 5 heteroatoms. The molecule has 0 aliphatic rings. The first-order valence-electron chi connectivity index (χ1n) is 6.03. The van der Waals surface area contributed by atoms with Gasteiger partial charge in [0.2, 0.25) is 0 Å². The molecule has 1 amide bonds. The summed E-state index contributed by atoms with van der Waals surface area (Å²) in [6.07, 6.45) is 0. The standard InChI is InChI=1S/C15H15ClN2O2/c1-9-12(16)4-3-5-13(9)18-15(19)11-7-6-10(17)8-14(11)20-2/h3-8H,17H2,1-2H3,(H,18,19). The van der Waals surface area contributed by atoms with Crippen LogP contribution in [0.25, 0.3) is 0 Å². The molecule has 0 atom stereocenters. The quantitative estimate of drug-likeness (QED) is 0.851. The van der Waals surface area contributed by atoms with E-state index < -0.39 is 0 Å². The van der Waals surface area contributed by atoms with Crippen LogP contribution in [0.3, 0.4) is 0 Å². The van der Waals surface area contributed by atoms with Crippen LogP contribution in [0.5, 0.6) is 5.75 Å². The molecule has 2 aromatic carbocycles. The van der Waals surface area contributed by atoms with Gasteiger partial charge in [-0.25, -0.2) is 0 Å². The third-order valence-corrected chi connectivity index (χ3v) is 3.40. The topological polar surface area (TPSA) is 64.3 Å². The lowest BCUT2D eigenvalue weighted by molar-refractivity contribution is 0.102. The fourth-order valence-corrected chi connectivity index (χ4v) is 2.00. The summed E-state index contributed by atoms with van der Waals surface area (Å²) in [5.41, 5.74) is 8.11. The third-order valence-electron chi connectivity index (χ3n) is 2.99. The van der Waals surface area contributed by atoms with E-state index in [9.17, 15) is 4.79 Å². The number of nitrogen functional groups attached to an aromatic ring is 1. The smallest absolute Gasteiger partial charge is 0.259 e. The number of rotatable bonds is 3. The van der Waals surface area contributed by atoms with Crippen LogP contribution in [0.2, 0.25) is 5.02 Å². The molecule has 4 nitrogen and oxygen atoms in total. The normalized spacial score (nSPS) is 10.2. The van der Waals surface area contributed by atoms with E-state index in [1.165, 1.54) is 7.11 Å². The van der Waals surface area contributed by atoms with Gasteiger partial charge >= 0.3 is 0 Å². The van der Waals surface area contributed by atoms with Crippen LogP contribution in [0.15, 0.2) is 36.4 Å². The second-order valence-electron chi connectivity index (χ2n) is 4.33. The number of carbonyl (C=O) groups excluding carboxylic acids is 1. The molecule has 0 bridgehead atoms. The maximum atomic E-state index is 12.3. The fraction of sp³-hybridized carbons (Fsp3) is 0.133. The third kappa shape index (κ3) is 2.86. The van der Waals surface area contributed by atoms with Crippen molar-refractivity contribution in [1.82, 2.24) is 0 Å². The Bertz CT molecular complexity index is 656. The minimum atomic E-state index is -0.271. The number of nitrogens with two attached hydrogens (primary N) is 1. The van der Waals surface area contributed by atoms with Gasteiger partial charge in [0.1, 0.15) is 5.75 Å². The zero-order valence-electron chi connectivity index (χ0n) is 11.2. The molecule has 0 spiro atoms. The summed E-state index contributed by atoms with van der Waals surface area (Å²) in [6, 6.07) is 10.2. The molecule has 0 aromatic heterocycles. The van der Waals surface area contributed by atoms with Gasteiger partial charge in [0, 0.05) is 22.5 Å². The molecule has 3 N–H and O–H groups in total. The minimum Gasteiger partial charge on any atom is -0.496 e. The van der Waals surface area contributed by atoms with E-state index in [0.29, 0.717) is 27.7 Å². The fourth-order valence-electron chi connectivity index (χ4n) is 1.83. The predicted octanol–water partition coefficient (Wildman–Crippen LogP) is 3.49. The maximum absolute atomic E-state index is 12.3. The van der Waals surface area contributed by atoms with Crippen LogP contribution in [0.1, 0.15) is 15.9 Å². The van der Waals surface area contributed by atoms with E-state index in [-0.39, 0.29) is 5.91 Å². The molecule has 104 valence electrons. The highest BCUT2D eigenvalue weighted by Crippen LogP contribution is 2.26. The number of hydrogen-bond donors (Lipinski definition) is 2. The molecular weight excluding hydrogens is 276 g/mol. The highest BCUT2D eigenvalue weighted by Gasteiger charge is 2.14. The highest BCUT2D eigenvalue weighted by molar-refractivity contribution is 6.31. The number of methoxy groups -OCH3 is 1. The number of nitrogens with one attached hydrogen (secondary N) is 1. The van der Waals surface area contributed by atoms with E-state index >= 15 is 0 Å². The Labute approximate surface area is 122 Å². The molecule has 0 aliphatic carbocycles. The first-order chi connectivity index (χ1) is 9.52. The number of carbonyl (C=O) groups is 1. The molecule has 2 rings (SSSR count). The Morgan fingerprint density at radius 3 is 2.75 bits per heavy atom. The first-order valence-corrected chi connectivity index (χ1v) is 6.40. The van der Waals surface area contributed by atoms with Gasteiger partial charge in [-0.3, -0.25) is 4.79 Å². The van der Waals surface area contributed by atoms with Crippen molar-refractivity contribution in [3.63, 3.8) is 0 Å². The van der Waals surface area contributed by atoms with Crippen LogP contribution in [-0.2, 0) is 0 Å². The van der Waals surface area contributed by atoms with E-state index in [1.807, 2.05) is 6.92 Å². The number of anilines is 2. The average molecular weight is 291 g/mol. The van der Waals surface area contributed by atoms with Crippen molar-refractivity contribution >= 4 is 28.9 Å². The van der Waals surface area contributed by atoms with Crippen LogP contribution in [0.4, 0.5) is 11.4 Å². The Morgan fingerprint density at radius 1 is 1.30 bits per heavy atom. The molecule has 0 heterocycles. The first kappa shape index (κ1) is 14.2. The van der Waals surface area contributed by atoms with Gasteiger partial charge in [-0.05, 0) is 36.8 Å². The Balaban J connectivity index is 2.31. The molecule has 0 saturated heterocycles. The summed E-state index contributed by atoms with van der Waals surface area (Å²) in [7, 11) is 1.50. The summed E-state index contributed by atoms with van der Waals surface area (Å²) in [4.78, 5) is 12.3. The molecule has 2 aromatic rings. The number of hydrogen-bond acceptors (Lipinski definition) is 3. The van der Waals surface area contributed by atoms with Gasteiger partial charge in [0.15, 0.2) is 0 Å². The summed E-state index contributed by atoms with van der Waals surface area (Å²) < 4.78 is 5.17. The number of ether oxygens (including phenoxy) is 1. The second-order valence-corrected chi connectivity index (χ2v) is 4.73. The monoisotopic (exact) mass is 290 g/mol. The second kappa shape index (κ2) is 5.84. The summed E-state index contributed by atoms with van der Waals surface area (Å²) in [6.45, 7) is 1.85. The van der Waals surface area contributed by atoms with Crippen LogP contribution in [-0.4, -0.2) is 13.0 Å². The maximum Gasteiger partial charge on any atom is 0.259 e. The summed E-state index contributed by atoms with van der Waals surface area (Å²) in [5.74, 6) is 0.161. The van der Waals surface area contributed by atoms with Crippen molar-refractivity contribution < 1.29 is 9.53 Å². The minimum absolute atomic E-state index is 0.271. The van der Waals surface area contributed by atoms with Crippen molar-refractivity contribution in [2.45, 2.75) is 6.92 Å². The van der Waals surface area contributed by atoms with E-state index in [2.05, 4.69) is 5.32 Å². The zero-order valence-corrected chi connectivity index (χ0v) is 12.0. The van der Waals surface area contributed by atoms with Crippen LogP contribution in [0, 0.1) is 6.92 Å². The lowest BCUT2D eigenvalue weighted by Gasteiger charge is -2.12. The van der Waals surface area contributed by atoms with E-state index in [1.54, 1.807) is 36.4 Å². The molecule has 0 unspecified atom stereocenters. The number of amides is 1. The van der Waals surface area contributed by atoms with E-state index in [0.717, 1.165) is 5.56 Å². The van der Waals surface area contributed by atoms with E-state index in [4.69, 9.17) is 22.1 Å². The van der Waals surface area contributed by atoms with Crippen molar-refractivity contribution in [3.05, 3.63) is 52.5 Å². The molecule has 0 radical (unpaired) electrons. The molecule has 0 aliphatic heterocycles. The summed E-state index contributed by atoms with van der Waals surface area (Å²) in [5, 5.41) is 3.42. The Hall–Kier alpha value is -2.20. The molecule has 20 heavy (non-hydrogen) atoms. The van der Waals surface area contributed by atoms with Gasteiger partial charge in [0.05, 0.1) is 12.7 Å². The average Bonchev–Trinajstić information content (AvgIpc) is 2.43. The largest absolute Gasteiger partial charge is 0.496 e. The molecule has 0 saturated carbocycles. The lowest BCUT2D eigenvalue weighted by atomic mass is 10.1. The van der Waals surface area contributed by atoms with Gasteiger partial charge in [-0.1, -0.05) is 17.7 Å². The summed E-state index contributed by atoms with van der Waals surface area (Å²) >= 11 is 6.03. The van der Waals surface area contributed by atoms with Crippen molar-refractivity contribution in [1.29, 1.82) is 0 Å². The molecule has 0 fully saturated rings. The van der Waals surface area contributed by atoms with Crippen LogP contribution >= 0.6 is 11.6 Å². The zero-order chi connectivity index (χ0) is 14.7. The SMILES string of the molecule is COc1cc(N)ccc1C(=O)Nc1cccc(Cl)c1C. The lowest BCUT2D eigenvalue weighted by Crippen LogP contribution is -2.14. The van der Waals surface area contributed by atoms with Crippen molar-refractivity contribution in [3.8, 4) is 5.75 Å². The highest BCUT2D eigenvalue weighted by atomic mass is 35.5. The van der Waals surface area contributed by atoms with Crippen molar-refractivity contribution in [2.24, 2.45) is 0 Å². The van der Waals surface area contributed by atoms with Gasteiger partial charge < -0.3 is 15.8 Å². The Morgan fingerprint density at radius 2 is 2.05 bits per heavy atom. The van der Waals surface area contributed by atoms with Gasteiger partial charge in [-0.15, -0.1) is 0 Å². The number of benzene rings is 2. The predicted molar refractivity (Wildman–Crippen MR) is 81.5 cm³/mol. The Kier molecular flexibility index (Phi) is 4.15. The van der Waals surface area contributed by atoms with Crippen LogP contribution < -0.4 is 15.8 Å². The van der Waals surface area contributed by atoms with Gasteiger partial charge in [0.25, 0.3) is 5.91 Å². The van der Waals surface area contributed by atoms with Gasteiger partial charge in [-0.2, -0.15) is 0 Å².